The summed E-state index contributed by atoms with van der Waals surface area (Å²) >= 11 is 0. The highest BCUT2D eigenvalue weighted by molar-refractivity contribution is 5.25. The first-order chi connectivity index (χ1) is 9.13. The van der Waals surface area contributed by atoms with Crippen molar-refractivity contribution >= 4 is 0 Å². The van der Waals surface area contributed by atoms with E-state index >= 15 is 0 Å². The molecule has 0 amide bonds. The van der Waals surface area contributed by atoms with Crippen LogP contribution in [0.25, 0.3) is 0 Å². The monoisotopic (exact) mass is 261 g/mol. The van der Waals surface area contributed by atoms with E-state index < -0.39 is 0 Å². The van der Waals surface area contributed by atoms with E-state index in [1.54, 1.807) is 0 Å². The molecule has 0 saturated carbocycles. The maximum Gasteiger partial charge on any atom is -0.00172 e. The van der Waals surface area contributed by atoms with Crippen molar-refractivity contribution < 1.29 is 0 Å². The predicted octanol–water partition coefficient (Wildman–Crippen LogP) is 4.59. The normalized spacial score (nSPS) is 12.9. The number of hydrogen-bond acceptors (Lipinski definition) is 1. The topological polar surface area (TPSA) is 12.0 Å². The molecule has 0 spiro atoms. The van der Waals surface area contributed by atoms with Gasteiger partial charge in [0, 0.05) is 0 Å². The van der Waals surface area contributed by atoms with E-state index in [4.69, 9.17) is 0 Å². The molecule has 1 aromatic carbocycles. The average molecular weight is 261 g/mol. The van der Waals surface area contributed by atoms with Crippen molar-refractivity contribution in [3.8, 4) is 0 Å². The number of benzene rings is 1. The maximum absolute atomic E-state index is 3.63. The Bertz CT molecular complexity index is 343. The molecule has 0 fully saturated rings. The SMILES string of the molecule is CCCCC(CNCC(C)C)Cc1ccccc1C. The van der Waals surface area contributed by atoms with Gasteiger partial charge in [-0.05, 0) is 55.8 Å². The zero-order valence-corrected chi connectivity index (χ0v) is 13.2. The van der Waals surface area contributed by atoms with Gasteiger partial charge >= 0.3 is 0 Å². The second kappa shape index (κ2) is 9.14. The first kappa shape index (κ1) is 16.2. The van der Waals surface area contributed by atoms with E-state index in [2.05, 4.69) is 57.3 Å². The summed E-state index contributed by atoms with van der Waals surface area (Å²) in [7, 11) is 0. The highest BCUT2D eigenvalue weighted by Gasteiger charge is 2.10. The van der Waals surface area contributed by atoms with Gasteiger partial charge in [-0.25, -0.2) is 0 Å². The second-order valence-electron chi connectivity index (χ2n) is 6.19. The largest absolute Gasteiger partial charge is 0.316 e. The first-order valence-corrected chi connectivity index (χ1v) is 7.88. The minimum Gasteiger partial charge on any atom is -0.316 e. The Labute approximate surface area is 119 Å². The second-order valence-corrected chi connectivity index (χ2v) is 6.19. The highest BCUT2D eigenvalue weighted by atomic mass is 14.9. The van der Waals surface area contributed by atoms with E-state index in [9.17, 15) is 0 Å². The molecule has 0 aliphatic carbocycles. The summed E-state index contributed by atoms with van der Waals surface area (Å²) in [5, 5.41) is 3.63. The third-order valence-corrected chi connectivity index (χ3v) is 3.72. The minimum atomic E-state index is 0.741. The summed E-state index contributed by atoms with van der Waals surface area (Å²) in [6.45, 7) is 11.4. The van der Waals surface area contributed by atoms with Gasteiger partial charge in [0.15, 0.2) is 0 Å². The van der Waals surface area contributed by atoms with Gasteiger partial charge in [0.25, 0.3) is 0 Å². The van der Waals surface area contributed by atoms with Crippen LogP contribution in [0.15, 0.2) is 24.3 Å². The Kier molecular flexibility index (Phi) is 7.81. The Morgan fingerprint density at radius 3 is 2.47 bits per heavy atom. The van der Waals surface area contributed by atoms with Gasteiger partial charge in [-0.15, -0.1) is 0 Å². The molecule has 0 heterocycles. The minimum absolute atomic E-state index is 0.741. The summed E-state index contributed by atoms with van der Waals surface area (Å²) < 4.78 is 0. The van der Waals surface area contributed by atoms with Crippen molar-refractivity contribution in [2.24, 2.45) is 11.8 Å². The van der Waals surface area contributed by atoms with E-state index in [-0.39, 0.29) is 0 Å². The van der Waals surface area contributed by atoms with Gasteiger partial charge < -0.3 is 5.32 Å². The van der Waals surface area contributed by atoms with Gasteiger partial charge in [0.1, 0.15) is 0 Å². The van der Waals surface area contributed by atoms with Crippen LogP contribution >= 0.6 is 0 Å². The molecule has 1 nitrogen and oxygen atoms in total. The quantitative estimate of drug-likeness (QED) is 0.685. The van der Waals surface area contributed by atoms with Crippen LogP contribution < -0.4 is 5.32 Å². The summed E-state index contributed by atoms with van der Waals surface area (Å²) in [4.78, 5) is 0. The number of rotatable bonds is 9. The van der Waals surface area contributed by atoms with Crippen LogP contribution in [0.4, 0.5) is 0 Å². The number of unbranched alkanes of at least 4 members (excludes halogenated alkanes) is 1. The molecule has 1 aromatic rings. The van der Waals surface area contributed by atoms with Crippen LogP contribution in [0.2, 0.25) is 0 Å². The summed E-state index contributed by atoms with van der Waals surface area (Å²) in [5.41, 5.74) is 2.96. The zero-order chi connectivity index (χ0) is 14.1. The summed E-state index contributed by atoms with van der Waals surface area (Å²) in [6, 6.07) is 8.82. The summed E-state index contributed by atoms with van der Waals surface area (Å²) in [5.74, 6) is 1.52. The van der Waals surface area contributed by atoms with Gasteiger partial charge in [0.2, 0.25) is 0 Å². The average Bonchev–Trinajstić information content (AvgIpc) is 2.37. The molecule has 0 bridgehead atoms. The van der Waals surface area contributed by atoms with Crippen molar-refractivity contribution in [2.75, 3.05) is 13.1 Å². The summed E-state index contributed by atoms with van der Waals surface area (Å²) in [6.07, 6.45) is 5.21. The molecule has 0 aromatic heterocycles. The van der Waals surface area contributed by atoms with Gasteiger partial charge in [0.05, 0.1) is 0 Å². The fraction of sp³-hybridized carbons (Fsp3) is 0.667. The zero-order valence-electron chi connectivity index (χ0n) is 13.2. The molecule has 1 N–H and O–H groups in total. The maximum atomic E-state index is 3.63. The molecule has 1 rings (SSSR count). The van der Waals surface area contributed by atoms with Gasteiger partial charge in [-0.2, -0.15) is 0 Å². The van der Waals surface area contributed by atoms with Crippen molar-refractivity contribution in [1.82, 2.24) is 5.32 Å². The van der Waals surface area contributed by atoms with Crippen LogP contribution in [-0.2, 0) is 6.42 Å². The number of hydrogen-bond donors (Lipinski definition) is 1. The third kappa shape index (κ3) is 6.77. The standard InChI is InChI=1S/C18H31N/c1-5-6-10-17(14-19-13-15(2)3)12-18-11-8-7-9-16(18)4/h7-9,11,15,17,19H,5-6,10,12-14H2,1-4H3. The lowest BCUT2D eigenvalue weighted by Gasteiger charge is -2.19. The van der Waals surface area contributed by atoms with Crippen molar-refractivity contribution in [3.63, 3.8) is 0 Å². The van der Waals surface area contributed by atoms with Gasteiger partial charge in [-0.3, -0.25) is 0 Å². The molecule has 108 valence electrons. The molecular weight excluding hydrogens is 230 g/mol. The van der Waals surface area contributed by atoms with Crippen LogP contribution in [0.3, 0.4) is 0 Å². The molecule has 1 atom stereocenters. The Morgan fingerprint density at radius 1 is 1.11 bits per heavy atom. The number of nitrogens with one attached hydrogen (secondary N) is 1. The molecule has 1 heteroatoms. The Morgan fingerprint density at radius 2 is 1.84 bits per heavy atom. The Balaban J connectivity index is 2.51. The van der Waals surface area contributed by atoms with E-state index in [0.29, 0.717) is 0 Å². The fourth-order valence-corrected chi connectivity index (χ4v) is 2.50. The lowest BCUT2D eigenvalue weighted by atomic mass is 9.92. The molecule has 0 aliphatic heterocycles. The molecule has 0 saturated heterocycles. The molecule has 0 aliphatic rings. The fourth-order valence-electron chi connectivity index (χ4n) is 2.50. The van der Waals surface area contributed by atoms with Gasteiger partial charge in [-0.1, -0.05) is 57.9 Å². The van der Waals surface area contributed by atoms with Crippen molar-refractivity contribution in [2.45, 2.75) is 53.4 Å². The predicted molar refractivity (Wildman–Crippen MR) is 85.6 cm³/mol. The van der Waals surface area contributed by atoms with E-state index in [1.165, 1.54) is 36.8 Å². The van der Waals surface area contributed by atoms with Crippen molar-refractivity contribution in [1.29, 1.82) is 0 Å². The van der Waals surface area contributed by atoms with Crippen LogP contribution in [0.5, 0.6) is 0 Å². The lowest BCUT2D eigenvalue weighted by molar-refractivity contribution is 0.413. The van der Waals surface area contributed by atoms with E-state index in [0.717, 1.165) is 24.9 Å². The lowest BCUT2D eigenvalue weighted by Crippen LogP contribution is -2.27. The smallest absolute Gasteiger partial charge is 0.00172 e. The third-order valence-electron chi connectivity index (χ3n) is 3.72. The van der Waals surface area contributed by atoms with Crippen LogP contribution in [0, 0.1) is 18.8 Å². The molecular formula is C18H31N. The first-order valence-electron chi connectivity index (χ1n) is 7.88. The van der Waals surface area contributed by atoms with Crippen molar-refractivity contribution in [3.05, 3.63) is 35.4 Å². The number of aryl methyl sites for hydroxylation is 1. The van der Waals surface area contributed by atoms with E-state index in [1.807, 2.05) is 0 Å². The van der Waals surface area contributed by atoms with Crippen LogP contribution in [-0.4, -0.2) is 13.1 Å². The molecule has 0 radical (unpaired) electrons. The Hall–Kier alpha value is -0.820. The van der Waals surface area contributed by atoms with Crippen LogP contribution in [0.1, 0.15) is 51.2 Å². The molecule has 19 heavy (non-hydrogen) atoms. The molecule has 1 unspecified atom stereocenters. The highest BCUT2D eigenvalue weighted by Crippen LogP contribution is 2.17.